The summed E-state index contributed by atoms with van der Waals surface area (Å²) in [7, 11) is 0. The number of carbonyl (C=O) groups excluding carboxylic acids is 1. The second kappa shape index (κ2) is 7.09. The van der Waals surface area contributed by atoms with E-state index in [-0.39, 0.29) is 6.61 Å². The Morgan fingerprint density at radius 2 is 1.95 bits per heavy atom. The molecule has 0 saturated heterocycles. The minimum absolute atomic E-state index is 0.171. The molecule has 0 aliphatic carbocycles. The zero-order valence-electron chi connectivity index (χ0n) is 10.7. The predicted octanol–water partition coefficient (Wildman–Crippen LogP) is 2.73. The summed E-state index contributed by atoms with van der Waals surface area (Å²) in [5, 5.41) is 8.62. The minimum atomic E-state index is -4.99. The molecule has 0 bridgehead atoms. The maximum absolute atomic E-state index is 12.0. The highest BCUT2D eigenvalue weighted by Gasteiger charge is 2.44. The van der Waals surface area contributed by atoms with Crippen molar-refractivity contribution >= 4 is 12.0 Å². The number of esters is 1. The van der Waals surface area contributed by atoms with E-state index in [1.54, 1.807) is 6.08 Å². The number of carbonyl (C=O) groups is 1. The van der Waals surface area contributed by atoms with E-state index >= 15 is 0 Å². The molecule has 0 heterocycles. The molecule has 0 aliphatic rings. The van der Waals surface area contributed by atoms with E-state index in [0.29, 0.717) is 12.8 Å². The van der Waals surface area contributed by atoms with E-state index < -0.39 is 18.2 Å². The highest BCUT2D eigenvalue weighted by atomic mass is 19.4. The molecule has 1 aromatic carbocycles. The molecule has 0 spiro atoms. The smallest absolute Gasteiger partial charge is 0.425 e. The third kappa shape index (κ3) is 5.05. The van der Waals surface area contributed by atoms with E-state index in [2.05, 4.69) is 11.3 Å². The lowest BCUT2D eigenvalue weighted by Crippen LogP contribution is -2.37. The number of rotatable bonds is 6. The van der Waals surface area contributed by atoms with Gasteiger partial charge in [-0.15, -0.1) is 0 Å². The zero-order chi connectivity index (χ0) is 15.2. The highest BCUT2D eigenvalue weighted by Crippen LogP contribution is 2.20. The lowest BCUT2D eigenvalue weighted by atomic mass is 10.1. The molecule has 1 N–H and O–H groups in total. The summed E-state index contributed by atoms with van der Waals surface area (Å²) in [6, 6.07) is 7.45. The first-order valence-electron chi connectivity index (χ1n) is 5.97. The summed E-state index contributed by atoms with van der Waals surface area (Å²) >= 11 is 0. The minimum Gasteiger partial charge on any atom is -0.464 e. The molecule has 0 aliphatic heterocycles. The van der Waals surface area contributed by atoms with E-state index in [1.807, 2.05) is 24.3 Å². The normalized spacial score (nSPS) is 12.8. The monoisotopic (exact) mass is 288 g/mol. The fourth-order valence-electron chi connectivity index (χ4n) is 1.48. The van der Waals surface area contributed by atoms with Gasteiger partial charge in [-0.1, -0.05) is 36.9 Å². The molecule has 1 aromatic rings. The summed E-state index contributed by atoms with van der Waals surface area (Å²) in [6.45, 7) is 3.45. The molecule has 0 unspecified atom stereocenters. The molecule has 20 heavy (non-hydrogen) atoms. The van der Waals surface area contributed by atoms with Crippen LogP contribution in [-0.4, -0.2) is 30.0 Å². The molecule has 0 radical (unpaired) electrons. The Morgan fingerprint density at radius 3 is 2.45 bits per heavy atom. The van der Waals surface area contributed by atoms with Crippen LogP contribution < -0.4 is 0 Å². The van der Waals surface area contributed by atoms with Gasteiger partial charge in [0, 0.05) is 0 Å². The van der Waals surface area contributed by atoms with Crippen LogP contribution in [0.15, 0.2) is 30.8 Å². The van der Waals surface area contributed by atoms with Crippen molar-refractivity contribution in [3.05, 3.63) is 42.0 Å². The number of ether oxygens (including phenoxy) is 1. The van der Waals surface area contributed by atoms with E-state index in [9.17, 15) is 18.0 Å². The van der Waals surface area contributed by atoms with Gasteiger partial charge in [0.2, 0.25) is 6.10 Å². The van der Waals surface area contributed by atoms with Crippen LogP contribution in [-0.2, 0) is 16.0 Å². The largest absolute Gasteiger partial charge is 0.464 e. The van der Waals surface area contributed by atoms with Crippen LogP contribution in [0.25, 0.3) is 6.08 Å². The molecule has 1 rings (SSSR count). The third-order valence-corrected chi connectivity index (χ3v) is 2.60. The fraction of sp³-hybridized carbons (Fsp3) is 0.357. The third-order valence-electron chi connectivity index (χ3n) is 2.60. The van der Waals surface area contributed by atoms with Crippen LogP contribution in [0.5, 0.6) is 0 Å². The maximum Gasteiger partial charge on any atom is 0.425 e. The molecule has 0 amide bonds. The number of benzene rings is 1. The summed E-state index contributed by atoms with van der Waals surface area (Å²) < 4.78 is 40.3. The number of hydrogen-bond donors (Lipinski definition) is 1. The first-order chi connectivity index (χ1) is 9.34. The van der Waals surface area contributed by atoms with Gasteiger partial charge in [-0.2, -0.15) is 13.2 Å². The average molecular weight is 288 g/mol. The van der Waals surface area contributed by atoms with Crippen LogP contribution in [0.2, 0.25) is 0 Å². The Labute approximate surface area is 114 Å². The quantitative estimate of drug-likeness (QED) is 0.646. The van der Waals surface area contributed by atoms with Crippen LogP contribution in [0, 0.1) is 0 Å². The maximum atomic E-state index is 12.0. The SMILES string of the molecule is C=Cc1ccc(CCCOC(=O)[C@@H](O)C(F)(F)F)cc1. The Hall–Kier alpha value is -1.82. The Balaban J connectivity index is 2.31. The fourth-order valence-corrected chi connectivity index (χ4v) is 1.48. The van der Waals surface area contributed by atoms with Gasteiger partial charge in [0.25, 0.3) is 0 Å². The van der Waals surface area contributed by atoms with Crippen molar-refractivity contribution in [3.63, 3.8) is 0 Å². The Kier molecular flexibility index (Phi) is 5.76. The Morgan fingerprint density at radius 1 is 1.35 bits per heavy atom. The standard InChI is InChI=1S/C14H15F3O3/c1-2-10-5-7-11(8-6-10)4-3-9-20-13(19)12(18)14(15,16)17/h2,5-8,12,18H,1,3-4,9H2/t12-/m1/s1. The number of alkyl halides is 3. The molecule has 110 valence electrons. The van der Waals surface area contributed by atoms with Crippen molar-refractivity contribution in [2.45, 2.75) is 25.1 Å². The highest BCUT2D eigenvalue weighted by molar-refractivity contribution is 5.75. The lowest BCUT2D eigenvalue weighted by Gasteiger charge is -2.13. The molecule has 0 saturated carbocycles. The summed E-state index contributed by atoms with van der Waals surface area (Å²) in [5.74, 6) is -1.67. The van der Waals surface area contributed by atoms with Gasteiger partial charge in [0.1, 0.15) is 0 Å². The molecule has 0 fully saturated rings. The molecular formula is C14H15F3O3. The number of hydrogen-bond acceptors (Lipinski definition) is 3. The number of halogens is 3. The van der Waals surface area contributed by atoms with Gasteiger partial charge in [-0.05, 0) is 24.0 Å². The van der Waals surface area contributed by atoms with Crippen molar-refractivity contribution in [1.82, 2.24) is 0 Å². The van der Waals surface area contributed by atoms with E-state index in [4.69, 9.17) is 5.11 Å². The van der Waals surface area contributed by atoms with Crippen LogP contribution in [0.3, 0.4) is 0 Å². The average Bonchev–Trinajstić information content (AvgIpc) is 2.42. The Bertz CT molecular complexity index is 452. The predicted molar refractivity (Wildman–Crippen MR) is 67.9 cm³/mol. The zero-order valence-corrected chi connectivity index (χ0v) is 10.7. The van der Waals surface area contributed by atoms with Crippen LogP contribution in [0.1, 0.15) is 17.5 Å². The van der Waals surface area contributed by atoms with Crippen molar-refractivity contribution in [3.8, 4) is 0 Å². The van der Waals surface area contributed by atoms with Crippen LogP contribution >= 0.6 is 0 Å². The molecule has 1 atom stereocenters. The summed E-state index contributed by atoms with van der Waals surface area (Å²) in [5.41, 5.74) is 1.94. The number of aliphatic hydroxyl groups excluding tert-OH is 1. The second-order valence-corrected chi connectivity index (χ2v) is 4.16. The van der Waals surface area contributed by atoms with Crippen molar-refractivity contribution < 1.29 is 27.8 Å². The van der Waals surface area contributed by atoms with Crippen molar-refractivity contribution in [1.29, 1.82) is 0 Å². The first kappa shape index (κ1) is 16.2. The van der Waals surface area contributed by atoms with Gasteiger partial charge in [-0.25, -0.2) is 4.79 Å². The number of aliphatic hydroxyl groups is 1. The van der Waals surface area contributed by atoms with Gasteiger partial charge < -0.3 is 9.84 Å². The first-order valence-corrected chi connectivity index (χ1v) is 5.97. The van der Waals surface area contributed by atoms with Crippen molar-refractivity contribution in [2.75, 3.05) is 6.61 Å². The molecular weight excluding hydrogens is 273 g/mol. The number of aryl methyl sites for hydroxylation is 1. The topological polar surface area (TPSA) is 46.5 Å². The lowest BCUT2D eigenvalue weighted by molar-refractivity contribution is -0.218. The van der Waals surface area contributed by atoms with Gasteiger partial charge in [0.15, 0.2) is 0 Å². The molecule has 6 heteroatoms. The second-order valence-electron chi connectivity index (χ2n) is 4.16. The molecule has 0 aromatic heterocycles. The van der Waals surface area contributed by atoms with Crippen LogP contribution in [0.4, 0.5) is 13.2 Å². The molecule has 3 nitrogen and oxygen atoms in total. The van der Waals surface area contributed by atoms with Gasteiger partial charge >= 0.3 is 12.1 Å². The van der Waals surface area contributed by atoms with E-state index in [1.165, 1.54) is 0 Å². The van der Waals surface area contributed by atoms with Gasteiger partial charge in [-0.3, -0.25) is 0 Å². The summed E-state index contributed by atoms with van der Waals surface area (Å²) in [4.78, 5) is 10.9. The van der Waals surface area contributed by atoms with Crippen molar-refractivity contribution in [2.24, 2.45) is 0 Å². The summed E-state index contributed by atoms with van der Waals surface area (Å²) in [6.07, 6.45) is -5.42. The van der Waals surface area contributed by atoms with Gasteiger partial charge in [0.05, 0.1) is 6.61 Å². The van der Waals surface area contributed by atoms with E-state index in [0.717, 1.165) is 11.1 Å².